The SMILES string of the molecule is CCCC(CCC)N[C@@H]1CCS(=O)(=O)C1. The molecule has 1 rings (SSSR count). The molecule has 1 aliphatic heterocycles. The van der Waals surface area contributed by atoms with Crippen molar-refractivity contribution < 1.29 is 8.42 Å². The molecule has 1 atom stereocenters. The van der Waals surface area contributed by atoms with E-state index >= 15 is 0 Å². The van der Waals surface area contributed by atoms with Crippen LogP contribution in [0.5, 0.6) is 0 Å². The Bertz CT molecular complexity index is 268. The zero-order valence-corrected chi connectivity index (χ0v) is 10.6. The van der Waals surface area contributed by atoms with Crippen molar-refractivity contribution >= 4 is 9.84 Å². The van der Waals surface area contributed by atoms with Crippen molar-refractivity contribution in [3.8, 4) is 0 Å². The molecule has 0 saturated carbocycles. The van der Waals surface area contributed by atoms with Gasteiger partial charge in [0, 0.05) is 12.1 Å². The van der Waals surface area contributed by atoms with Crippen molar-refractivity contribution in [2.24, 2.45) is 0 Å². The minimum Gasteiger partial charge on any atom is -0.310 e. The number of hydrogen-bond donors (Lipinski definition) is 1. The van der Waals surface area contributed by atoms with Gasteiger partial charge in [0.05, 0.1) is 11.5 Å². The molecule has 1 fully saturated rings. The molecular weight excluding hydrogens is 210 g/mol. The molecular formula is C11H23NO2S. The number of hydrogen-bond acceptors (Lipinski definition) is 3. The summed E-state index contributed by atoms with van der Waals surface area (Å²) in [5, 5.41) is 3.49. The first-order valence-corrected chi connectivity index (χ1v) is 7.86. The Hall–Kier alpha value is -0.0900. The van der Waals surface area contributed by atoms with E-state index in [4.69, 9.17) is 0 Å². The second-order valence-electron chi connectivity index (χ2n) is 4.54. The maximum atomic E-state index is 11.3. The van der Waals surface area contributed by atoms with Gasteiger partial charge in [-0.1, -0.05) is 26.7 Å². The third kappa shape index (κ3) is 4.51. The van der Waals surface area contributed by atoms with Crippen LogP contribution in [0.1, 0.15) is 46.0 Å². The van der Waals surface area contributed by atoms with Gasteiger partial charge in [0.2, 0.25) is 0 Å². The smallest absolute Gasteiger partial charge is 0.151 e. The highest BCUT2D eigenvalue weighted by Crippen LogP contribution is 2.14. The molecule has 0 aromatic rings. The van der Waals surface area contributed by atoms with Crippen molar-refractivity contribution in [1.82, 2.24) is 5.32 Å². The highest BCUT2D eigenvalue weighted by atomic mass is 32.2. The monoisotopic (exact) mass is 233 g/mol. The van der Waals surface area contributed by atoms with Crippen molar-refractivity contribution in [3.05, 3.63) is 0 Å². The van der Waals surface area contributed by atoms with Crippen LogP contribution in [0.3, 0.4) is 0 Å². The molecule has 0 radical (unpaired) electrons. The Morgan fingerprint density at radius 1 is 1.27 bits per heavy atom. The molecule has 90 valence electrons. The van der Waals surface area contributed by atoms with Gasteiger partial charge in [-0.3, -0.25) is 0 Å². The fourth-order valence-electron chi connectivity index (χ4n) is 2.27. The molecule has 0 aliphatic carbocycles. The van der Waals surface area contributed by atoms with Crippen LogP contribution in [-0.4, -0.2) is 32.0 Å². The average molecular weight is 233 g/mol. The van der Waals surface area contributed by atoms with Gasteiger partial charge in [0.25, 0.3) is 0 Å². The van der Waals surface area contributed by atoms with E-state index in [2.05, 4.69) is 19.2 Å². The van der Waals surface area contributed by atoms with Crippen LogP contribution in [0.2, 0.25) is 0 Å². The lowest BCUT2D eigenvalue weighted by molar-refractivity contribution is 0.399. The van der Waals surface area contributed by atoms with Crippen LogP contribution >= 0.6 is 0 Å². The van der Waals surface area contributed by atoms with Gasteiger partial charge in [-0.15, -0.1) is 0 Å². The van der Waals surface area contributed by atoms with Crippen LogP contribution in [0.4, 0.5) is 0 Å². The Labute approximate surface area is 93.6 Å². The predicted molar refractivity (Wildman–Crippen MR) is 63.8 cm³/mol. The number of nitrogens with one attached hydrogen (secondary N) is 1. The van der Waals surface area contributed by atoms with E-state index in [1.807, 2.05) is 0 Å². The first-order valence-electron chi connectivity index (χ1n) is 6.04. The molecule has 0 unspecified atom stereocenters. The van der Waals surface area contributed by atoms with Crippen LogP contribution in [0.15, 0.2) is 0 Å². The third-order valence-corrected chi connectivity index (χ3v) is 4.75. The van der Waals surface area contributed by atoms with Gasteiger partial charge in [-0.25, -0.2) is 8.42 Å². The van der Waals surface area contributed by atoms with E-state index in [-0.39, 0.29) is 6.04 Å². The standard InChI is InChI=1S/C11H23NO2S/c1-3-5-10(6-4-2)12-11-7-8-15(13,14)9-11/h10-12H,3-9H2,1-2H3/t11-/m1/s1. The molecule has 0 spiro atoms. The topological polar surface area (TPSA) is 46.2 Å². The quantitative estimate of drug-likeness (QED) is 0.760. The maximum Gasteiger partial charge on any atom is 0.151 e. The summed E-state index contributed by atoms with van der Waals surface area (Å²) in [5.41, 5.74) is 0. The molecule has 3 nitrogen and oxygen atoms in total. The van der Waals surface area contributed by atoms with Gasteiger partial charge in [-0.2, -0.15) is 0 Å². The first kappa shape index (κ1) is 13.0. The van der Waals surface area contributed by atoms with E-state index in [0.717, 1.165) is 32.1 Å². The minimum absolute atomic E-state index is 0.207. The second-order valence-corrected chi connectivity index (χ2v) is 6.77. The van der Waals surface area contributed by atoms with E-state index in [1.54, 1.807) is 0 Å². The van der Waals surface area contributed by atoms with E-state index in [9.17, 15) is 8.42 Å². The lowest BCUT2D eigenvalue weighted by Crippen LogP contribution is -2.38. The molecule has 1 saturated heterocycles. The fourth-order valence-corrected chi connectivity index (χ4v) is 3.95. The highest BCUT2D eigenvalue weighted by Gasteiger charge is 2.28. The van der Waals surface area contributed by atoms with E-state index in [0.29, 0.717) is 17.5 Å². The summed E-state index contributed by atoms with van der Waals surface area (Å²) in [5.74, 6) is 0.715. The summed E-state index contributed by atoms with van der Waals surface area (Å²) in [7, 11) is -2.73. The lowest BCUT2D eigenvalue weighted by Gasteiger charge is -2.21. The first-order chi connectivity index (χ1) is 7.07. The largest absolute Gasteiger partial charge is 0.310 e. The Morgan fingerprint density at radius 3 is 2.27 bits per heavy atom. The van der Waals surface area contributed by atoms with Crippen LogP contribution < -0.4 is 5.32 Å². The normalized spacial score (nSPS) is 24.9. The maximum absolute atomic E-state index is 11.3. The second kappa shape index (κ2) is 5.85. The number of sulfone groups is 1. The molecule has 0 aromatic carbocycles. The van der Waals surface area contributed by atoms with Crippen LogP contribution in [-0.2, 0) is 9.84 Å². The van der Waals surface area contributed by atoms with Crippen LogP contribution in [0.25, 0.3) is 0 Å². The Balaban J connectivity index is 2.38. The summed E-state index contributed by atoms with van der Waals surface area (Å²) >= 11 is 0. The van der Waals surface area contributed by atoms with E-state index < -0.39 is 9.84 Å². The van der Waals surface area contributed by atoms with E-state index in [1.165, 1.54) is 0 Å². The number of rotatable bonds is 6. The fraction of sp³-hybridized carbons (Fsp3) is 1.00. The summed E-state index contributed by atoms with van der Waals surface area (Å²) in [6.45, 7) is 4.35. The average Bonchev–Trinajstić information content (AvgIpc) is 2.46. The zero-order chi connectivity index (χ0) is 11.3. The molecule has 1 N–H and O–H groups in total. The van der Waals surface area contributed by atoms with Crippen molar-refractivity contribution in [3.63, 3.8) is 0 Å². The van der Waals surface area contributed by atoms with Gasteiger partial charge in [-0.05, 0) is 19.3 Å². The Kier molecular flexibility index (Phi) is 5.06. The minimum atomic E-state index is -2.73. The molecule has 1 heterocycles. The summed E-state index contributed by atoms with van der Waals surface area (Å²) in [6.07, 6.45) is 5.44. The van der Waals surface area contributed by atoms with Gasteiger partial charge in [0.15, 0.2) is 9.84 Å². The molecule has 0 aromatic heterocycles. The third-order valence-electron chi connectivity index (χ3n) is 2.98. The van der Waals surface area contributed by atoms with Crippen molar-refractivity contribution in [2.45, 2.75) is 58.0 Å². The van der Waals surface area contributed by atoms with Gasteiger partial charge in [0.1, 0.15) is 0 Å². The highest BCUT2D eigenvalue weighted by molar-refractivity contribution is 7.91. The summed E-state index contributed by atoms with van der Waals surface area (Å²) in [6, 6.07) is 0.719. The lowest BCUT2D eigenvalue weighted by atomic mass is 10.1. The molecule has 1 aliphatic rings. The van der Waals surface area contributed by atoms with Gasteiger partial charge >= 0.3 is 0 Å². The van der Waals surface area contributed by atoms with Gasteiger partial charge < -0.3 is 5.32 Å². The zero-order valence-electron chi connectivity index (χ0n) is 9.83. The molecule has 15 heavy (non-hydrogen) atoms. The van der Waals surface area contributed by atoms with Crippen LogP contribution in [0, 0.1) is 0 Å². The summed E-state index contributed by atoms with van der Waals surface area (Å²) < 4.78 is 22.6. The van der Waals surface area contributed by atoms with Crippen molar-refractivity contribution in [2.75, 3.05) is 11.5 Å². The Morgan fingerprint density at radius 2 is 1.87 bits per heavy atom. The molecule has 0 amide bonds. The summed E-state index contributed by atoms with van der Waals surface area (Å²) in [4.78, 5) is 0. The molecule has 4 heteroatoms. The molecule has 0 bridgehead atoms. The predicted octanol–water partition coefficient (Wildman–Crippen LogP) is 1.73. The van der Waals surface area contributed by atoms with Crippen molar-refractivity contribution in [1.29, 1.82) is 0 Å².